The Bertz CT molecular complexity index is 694. The molecule has 0 atom stereocenters. The Morgan fingerprint density at radius 2 is 1.48 bits per heavy atom. The highest BCUT2D eigenvalue weighted by Gasteiger charge is 2.20. The molecule has 0 aliphatic heterocycles. The maximum absolute atomic E-state index is 12.5. The summed E-state index contributed by atoms with van der Waals surface area (Å²) in [5, 5.41) is 0.715. The Hall–Kier alpha value is -1.17. The molecule has 0 saturated heterocycles. The van der Waals surface area contributed by atoms with Gasteiger partial charge in [0, 0.05) is 18.9 Å². The van der Waals surface area contributed by atoms with Gasteiger partial charge in [-0.05, 0) is 30.2 Å². The van der Waals surface area contributed by atoms with Crippen molar-refractivity contribution < 1.29 is 8.42 Å². The molecule has 3 nitrogen and oxygen atoms in total. The average Bonchev–Trinajstić information content (AvgIpc) is 2.49. The number of aryl methyl sites for hydroxylation is 1. The van der Waals surface area contributed by atoms with Gasteiger partial charge in [-0.2, -0.15) is 4.31 Å². The second-order valence-corrected chi connectivity index (χ2v) is 7.63. The van der Waals surface area contributed by atoms with Gasteiger partial charge >= 0.3 is 0 Å². The zero-order valence-corrected chi connectivity index (χ0v) is 14.5. The van der Waals surface area contributed by atoms with E-state index in [2.05, 4.69) is 15.9 Å². The van der Waals surface area contributed by atoms with E-state index in [1.807, 2.05) is 43.3 Å². The molecule has 0 aliphatic rings. The molecule has 2 aromatic rings. The van der Waals surface area contributed by atoms with Gasteiger partial charge in [0.2, 0.25) is 10.0 Å². The number of benzene rings is 2. The van der Waals surface area contributed by atoms with E-state index in [0.29, 0.717) is 16.8 Å². The molecule has 5 heteroatoms. The van der Waals surface area contributed by atoms with Crippen LogP contribution in [0.5, 0.6) is 0 Å². The summed E-state index contributed by atoms with van der Waals surface area (Å²) in [4.78, 5) is 0.321. The van der Waals surface area contributed by atoms with Gasteiger partial charge in [-0.25, -0.2) is 8.42 Å². The Morgan fingerprint density at radius 1 is 0.952 bits per heavy atom. The first-order valence-corrected chi connectivity index (χ1v) is 9.16. The molecule has 2 rings (SSSR count). The van der Waals surface area contributed by atoms with Crippen molar-refractivity contribution in [2.75, 3.05) is 7.05 Å². The van der Waals surface area contributed by atoms with Crippen LogP contribution in [0.1, 0.15) is 16.7 Å². The minimum absolute atomic E-state index is 0.321. The van der Waals surface area contributed by atoms with Crippen LogP contribution in [-0.2, 0) is 21.9 Å². The molecule has 0 aromatic heterocycles. The molecule has 112 valence electrons. The summed E-state index contributed by atoms with van der Waals surface area (Å²) in [6.07, 6.45) is 0. The Morgan fingerprint density at radius 3 is 2.00 bits per heavy atom. The molecule has 0 aliphatic carbocycles. The number of alkyl halides is 1. The van der Waals surface area contributed by atoms with Gasteiger partial charge in [0.15, 0.2) is 0 Å². The Balaban J connectivity index is 2.19. The lowest BCUT2D eigenvalue weighted by molar-refractivity contribution is 0.466. The summed E-state index contributed by atoms with van der Waals surface area (Å²) in [6, 6.07) is 14.8. The third-order valence-electron chi connectivity index (χ3n) is 3.31. The van der Waals surface area contributed by atoms with Gasteiger partial charge in [0.05, 0.1) is 4.90 Å². The summed E-state index contributed by atoms with van der Waals surface area (Å²) in [5.41, 5.74) is 3.19. The predicted octanol–water partition coefficient (Wildman–Crippen LogP) is 3.71. The van der Waals surface area contributed by atoms with Crippen molar-refractivity contribution in [1.82, 2.24) is 4.31 Å². The molecule has 0 heterocycles. The first-order valence-electron chi connectivity index (χ1n) is 6.60. The molecule has 0 unspecified atom stereocenters. The lowest BCUT2D eigenvalue weighted by atomic mass is 10.1. The van der Waals surface area contributed by atoms with E-state index in [-0.39, 0.29) is 0 Å². The van der Waals surface area contributed by atoms with E-state index in [0.717, 1.165) is 16.7 Å². The molecule has 0 amide bonds. The van der Waals surface area contributed by atoms with Crippen molar-refractivity contribution in [2.45, 2.75) is 23.7 Å². The number of hydrogen-bond acceptors (Lipinski definition) is 2. The van der Waals surface area contributed by atoms with Crippen LogP contribution in [0.15, 0.2) is 53.4 Å². The van der Waals surface area contributed by atoms with Gasteiger partial charge in [0.25, 0.3) is 0 Å². The van der Waals surface area contributed by atoms with Crippen LogP contribution >= 0.6 is 15.9 Å². The third kappa shape index (κ3) is 3.93. The van der Waals surface area contributed by atoms with Crippen LogP contribution in [0.3, 0.4) is 0 Å². The van der Waals surface area contributed by atoms with Gasteiger partial charge in [0.1, 0.15) is 0 Å². The van der Waals surface area contributed by atoms with Crippen molar-refractivity contribution in [3.05, 3.63) is 65.2 Å². The predicted molar refractivity (Wildman–Crippen MR) is 88.9 cm³/mol. The first-order chi connectivity index (χ1) is 9.93. The van der Waals surface area contributed by atoms with Gasteiger partial charge in [-0.15, -0.1) is 0 Å². The summed E-state index contributed by atoms with van der Waals surface area (Å²) in [6.45, 7) is 2.37. The minimum Gasteiger partial charge on any atom is -0.207 e. The SMILES string of the molecule is Cc1ccc(CN(C)S(=O)(=O)c2ccc(CBr)cc2)cc1. The highest BCUT2D eigenvalue weighted by atomic mass is 79.9. The number of halogens is 1. The van der Waals surface area contributed by atoms with Crippen molar-refractivity contribution >= 4 is 26.0 Å². The van der Waals surface area contributed by atoms with E-state index in [4.69, 9.17) is 0 Å². The molecule has 0 spiro atoms. The van der Waals surface area contributed by atoms with E-state index in [1.54, 1.807) is 19.2 Å². The van der Waals surface area contributed by atoms with Crippen LogP contribution in [0.4, 0.5) is 0 Å². The largest absolute Gasteiger partial charge is 0.243 e. The summed E-state index contributed by atoms with van der Waals surface area (Å²) >= 11 is 3.35. The first kappa shape index (κ1) is 16.2. The normalized spacial score (nSPS) is 11.8. The van der Waals surface area contributed by atoms with Gasteiger partial charge in [-0.3, -0.25) is 0 Å². The van der Waals surface area contributed by atoms with Crippen LogP contribution in [0.2, 0.25) is 0 Å². The molecule has 21 heavy (non-hydrogen) atoms. The van der Waals surface area contributed by atoms with Crippen molar-refractivity contribution in [2.24, 2.45) is 0 Å². The molecule has 0 N–H and O–H groups in total. The van der Waals surface area contributed by atoms with Crippen molar-refractivity contribution in [3.63, 3.8) is 0 Å². The van der Waals surface area contributed by atoms with E-state index in [9.17, 15) is 8.42 Å². The molecule has 0 fully saturated rings. The number of nitrogens with zero attached hydrogens (tertiary/aromatic N) is 1. The molecule has 0 bridgehead atoms. The average molecular weight is 368 g/mol. The minimum atomic E-state index is -3.45. The van der Waals surface area contributed by atoms with Crippen LogP contribution in [0, 0.1) is 6.92 Å². The number of hydrogen-bond donors (Lipinski definition) is 0. The second kappa shape index (κ2) is 6.73. The summed E-state index contributed by atoms with van der Waals surface area (Å²) < 4.78 is 26.4. The lowest BCUT2D eigenvalue weighted by Gasteiger charge is -2.17. The quantitative estimate of drug-likeness (QED) is 0.755. The molecular formula is C16H18BrNO2S. The summed E-state index contributed by atoms with van der Waals surface area (Å²) in [7, 11) is -1.85. The Labute approximate surface area is 134 Å². The number of rotatable bonds is 5. The molecule has 0 saturated carbocycles. The fourth-order valence-corrected chi connectivity index (χ4v) is 3.50. The zero-order chi connectivity index (χ0) is 15.5. The zero-order valence-electron chi connectivity index (χ0n) is 12.1. The highest BCUT2D eigenvalue weighted by Crippen LogP contribution is 2.18. The fourth-order valence-electron chi connectivity index (χ4n) is 1.97. The second-order valence-electron chi connectivity index (χ2n) is 5.02. The van der Waals surface area contributed by atoms with Crippen molar-refractivity contribution in [3.8, 4) is 0 Å². The summed E-state index contributed by atoms with van der Waals surface area (Å²) in [5.74, 6) is 0. The van der Waals surface area contributed by atoms with E-state index in [1.165, 1.54) is 4.31 Å². The van der Waals surface area contributed by atoms with Crippen LogP contribution in [-0.4, -0.2) is 19.8 Å². The fraction of sp³-hybridized carbons (Fsp3) is 0.250. The monoisotopic (exact) mass is 367 g/mol. The molecule has 2 aromatic carbocycles. The Kier molecular flexibility index (Phi) is 5.19. The topological polar surface area (TPSA) is 37.4 Å². The third-order valence-corrected chi connectivity index (χ3v) is 5.78. The van der Waals surface area contributed by atoms with Crippen LogP contribution in [0.25, 0.3) is 0 Å². The molecular weight excluding hydrogens is 350 g/mol. The standard InChI is InChI=1S/C16H18BrNO2S/c1-13-3-5-15(6-4-13)12-18(2)21(19,20)16-9-7-14(11-17)8-10-16/h3-10H,11-12H2,1-2H3. The van der Waals surface area contributed by atoms with Crippen molar-refractivity contribution in [1.29, 1.82) is 0 Å². The smallest absolute Gasteiger partial charge is 0.207 e. The maximum Gasteiger partial charge on any atom is 0.243 e. The van der Waals surface area contributed by atoms with E-state index >= 15 is 0 Å². The van der Waals surface area contributed by atoms with Gasteiger partial charge < -0.3 is 0 Å². The van der Waals surface area contributed by atoms with Crippen LogP contribution < -0.4 is 0 Å². The van der Waals surface area contributed by atoms with Gasteiger partial charge in [-0.1, -0.05) is 57.9 Å². The highest BCUT2D eigenvalue weighted by molar-refractivity contribution is 9.08. The number of sulfonamides is 1. The van der Waals surface area contributed by atoms with E-state index < -0.39 is 10.0 Å². The lowest BCUT2D eigenvalue weighted by Crippen LogP contribution is -2.26. The maximum atomic E-state index is 12.5. The molecule has 0 radical (unpaired) electrons.